The van der Waals surface area contributed by atoms with E-state index >= 15 is 0 Å². The summed E-state index contributed by atoms with van der Waals surface area (Å²) in [5, 5.41) is 13.6. The Hall–Kier alpha value is -1.70. The predicted octanol–water partition coefficient (Wildman–Crippen LogP) is 3.51. The van der Waals surface area contributed by atoms with Crippen LogP contribution in [0.3, 0.4) is 0 Å². The van der Waals surface area contributed by atoms with Gasteiger partial charge in [0.05, 0.1) is 13.2 Å². The minimum Gasteiger partial charge on any atom is -0.444 e. The first-order valence-corrected chi connectivity index (χ1v) is 9.36. The number of ether oxygens (including phenoxy) is 3. The molecule has 2 rings (SSSR count). The smallest absolute Gasteiger partial charge is 0.409 e. The van der Waals surface area contributed by atoms with Crippen LogP contribution >= 0.6 is 0 Å². The number of rotatable bonds is 7. The molecule has 1 fully saturated rings. The molecule has 1 heterocycles. The van der Waals surface area contributed by atoms with E-state index in [0.29, 0.717) is 31.6 Å². The highest BCUT2D eigenvalue weighted by Gasteiger charge is 2.32. The van der Waals surface area contributed by atoms with Crippen LogP contribution in [-0.4, -0.2) is 42.0 Å². The van der Waals surface area contributed by atoms with Gasteiger partial charge >= 0.3 is 6.09 Å². The normalized spacial score (nSPS) is 18.0. The maximum absolute atomic E-state index is 13.5. The van der Waals surface area contributed by atoms with Gasteiger partial charge in [0.1, 0.15) is 17.1 Å². The number of aliphatic hydroxyl groups is 1. The molecule has 1 atom stereocenters. The molecule has 0 unspecified atom stereocenters. The van der Waals surface area contributed by atoms with Gasteiger partial charge in [0.25, 0.3) is 0 Å². The summed E-state index contributed by atoms with van der Waals surface area (Å²) in [7, 11) is 0. The van der Waals surface area contributed by atoms with Crippen LogP contribution in [0.25, 0.3) is 0 Å². The van der Waals surface area contributed by atoms with Gasteiger partial charge in [-0.3, -0.25) is 5.32 Å². The average molecular weight is 383 g/mol. The Balaban J connectivity index is 2.00. The number of alkyl carbamates (subject to hydrolysis) is 1. The van der Waals surface area contributed by atoms with Crippen molar-refractivity contribution in [3.05, 3.63) is 35.6 Å². The molecule has 1 saturated heterocycles. The summed E-state index contributed by atoms with van der Waals surface area (Å²) in [4.78, 5) is 12.2. The first kappa shape index (κ1) is 21.6. The van der Waals surface area contributed by atoms with Crippen LogP contribution < -0.4 is 5.32 Å². The zero-order valence-corrected chi connectivity index (χ0v) is 16.3. The van der Waals surface area contributed by atoms with Crippen LogP contribution in [0.4, 0.5) is 9.18 Å². The van der Waals surface area contributed by atoms with Crippen molar-refractivity contribution < 1.29 is 28.5 Å². The third kappa shape index (κ3) is 8.24. The highest BCUT2D eigenvalue weighted by Crippen LogP contribution is 2.22. The van der Waals surface area contributed by atoms with E-state index in [4.69, 9.17) is 14.2 Å². The molecule has 0 spiro atoms. The van der Waals surface area contributed by atoms with Crippen molar-refractivity contribution in [2.45, 2.75) is 70.5 Å². The van der Waals surface area contributed by atoms with Crippen LogP contribution in [-0.2, 0) is 20.6 Å². The van der Waals surface area contributed by atoms with Crippen molar-refractivity contribution in [3.63, 3.8) is 0 Å². The molecule has 0 aromatic heterocycles. The molecule has 0 radical (unpaired) electrons. The maximum atomic E-state index is 13.5. The van der Waals surface area contributed by atoms with Crippen LogP contribution in [0, 0.1) is 5.82 Å². The Morgan fingerprint density at radius 2 is 2.04 bits per heavy atom. The molecule has 2 N–H and O–H groups in total. The zero-order chi connectivity index (χ0) is 19.9. The van der Waals surface area contributed by atoms with Gasteiger partial charge in [-0.05, 0) is 64.2 Å². The monoisotopic (exact) mass is 383 g/mol. The topological polar surface area (TPSA) is 77.0 Å². The predicted molar refractivity (Wildman–Crippen MR) is 98.6 cm³/mol. The molecule has 1 amide bonds. The van der Waals surface area contributed by atoms with Crippen LogP contribution in [0.2, 0.25) is 0 Å². The first-order chi connectivity index (χ1) is 12.7. The lowest BCUT2D eigenvalue weighted by Crippen LogP contribution is -2.51. The van der Waals surface area contributed by atoms with Gasteiger partial charge in [-0.25, -0.2) is 9.18 Å². The Bertz CT molecular complexity index is 613. The average Bonchev–Trinajstić information content (AvgIpc) is 2.53. The van der Waals surface area contributed by atoms with Gasteiger partial charge in [-0.2, -0.15) is 0 Å². The van der Waals surface area contributed by atoms with Crippen LogP contribution in [0.1, 0.15) is 52.0 Å². The number of nitrogens with one attached hydrogen (secondary N) is 1. The molecular formula is C20H30FNO5. The van der Waals surface area contributed by atoms with E-state index in [1.54, 1.807) is 32.9 Å². The van der Waals surface area contributed by atoms with Crippen molar-refractivity contribution >= 4 is 6.09 Å². The molecule has 0 saturated carbocycles. The van der Waals surface area contributed by atoms with E-state index in [9.17, 15) is 14.3 Å². The molecule has 1 aliphatic rings. The van der Waals surface area contributed by atoms with E-state index < -0.39 is 23.2 Å². The minimum atomic E-state index is -1.56. The summed E-state index contributed by atoms with van der Waals surface area (Å²) < 4.78 is 29.8. The van der Waals surface area contributed by atoms with Crippen LogP contribution in [0.15, 0.2) is 24.3 Å². The molecule has 6 nitrogen and oxygen atoms in total. The van der Waals surface area contributed by atoms with Gasteiger partial charge in [0.2, 0.25) is 0 Å². The highest BCUT2D eigenvalue weighted by molar-refractivity contribution is 5.68. The van der Waals surface area contributed by atoms with Crippen molar-refractivity contribution in [1.82, 2.24) is 5.32 Å². The van der Waals surface area contributed by atoms with Gasteiger partial charge in [-0.15, -0.1) is 0 Å². The van der Waals surface area contributed by atoms with E-state index in [0.717, 1.165) is 6.42 Å². The van der Waals surface area contributed by atoms with Crippen molar-refractivity contribution in [2.75, 3.05) is 13.2 Å². The lowest BCUT2D eigenvalue weighted by atomic mass is 9.96. The summed E-state index contributed by atoms with van der Waals surface area (Å²) >= 11 is 0. The molecule has 0 aliphatic carbocycles. The number of amides is 1. The summed E-state index contributed by atoms with van der Waals surface area (Å²) in [6.07, 6.45) is 1.35. The Morgan fingerprint density at radius 1 is 1.33 bits per heavy atom. The molecule has 1 aromatic carbocycles. The third-order valence-electron chi connectivity index (χ3n) is 4.05. The Labute approximate surface area is 160 Å². The summed E-state index contributed by atoms with van der Waals surface area (Å²) in [6, 6.07) is 5.96. The summed E-state index contributed by atoms with van der Waals surface area (Å²) in [6.45, 7) is 6.56. The number of carbonyl (C=O) groups is 1. The fraction of sp³-hybridized carbons (Fsp3) is 0.650. The van der Waals surface area contributed by atoms with E-state index in [1.807, 2.05) is 0 Å². The lowest BCUT2D eigenvalue weighted by Gasteiger charge is -2.32. The number of halogens is 1. The highest BCUT2D eigenvalue weighted by atomic mass is 19.1. The third-order valence-corrected chi connectivity index (χ3v) is 4.05. The first-order valence-electron chi connectivity index (χ1n) is 9.36. The zero-order valence-electron chi connectivity index (χ0n) is 16.3. The second kappa shape index (κ2) is 9.48. The Morgan fingerprint density at radius 3 is 2.67 bits per heavy atom. The van der Waals surface area contributed by atoms with Crippen molar-refractivity contribution in [2.24, 2.45) is 0 Å². The Kier molecular flexibility index (Phi) is 7.59. The quantitative estimate of drug-likeness (QED) is 0.705. The molecular weight excluding hydrogens is 353 g/mol. The minimum absolute atomic E-state index is 0.0659. The van der Waals surface area contributed by atoms with E-state index in [2.05, 4.69) is 5.32 Å². The van der Waals surface area contributed by atoms with E-state index in [1.165, 1.54) is 12.1 Å². The van der Waals surface area contributed by atoms with Gasteiger partial charge in [-0.1, -0.05) is 12.1 Å². The fourth-order valence-electron chi connectivity index (χ4n) is 2.94. The molecule has 1 aliphatic heterocycles. The number of carbonyl (C=O) groups excluding carboxylic acids is 1. The lowest BCUT2D eigenvalue weighted by molar-refractivity contribution is -0.182. The van der Waals surface area contributed by atoms with E-state index in [-0.39, 0.29) is 19.1 Å². The number of hydrogen-bond acceptors (Lipinski definition) is 5. The fourth-order valence-corrected chi connectivity index (χ4v) is 2.94. The second-order valence-electron chi connectivity index (χ2n) is 7.88. The van der Waals surface area contributed by atoms with Gasteiger partial charge in [0, 0.05) is 6.42 Å². The number of benzene rings is 1. The van der Waals surface area contributed by atoms with Crippen molar-refractivity contribution in [1.29, 1.82) is 0 Å². The standard InChI is InChI=1S/C20H30FNO5/c1-19(2,3)27-18(23)22-20(24,14-15-7-4-8-16(21)13-15)10-5-9-17-25-11-6-12-26-17/h4,7-8,13,17,24H,5-6,9-12,14H2,1-3H3,(H,22,23)/t20-/m0/s1. The maximum Gasteiger partial charge on any atom is 0.409 e. The summed E-state index contributed by atoms with van der Waals surface area (Å²) in [5.41, 5.74) is -1.67. The molecule has 0 bridgehead atoms. The molecule has 152 valence electrons. The second-order valence-corrected chi connectivity index (χ2v) is 7.88. The molecule has 27 heavy (non-hydrogen) atoms. The van der Waals surface area contributed by atoms with Gasteiger partial charge < -0.3 is 19.3 Å². The molecule has 7 heteroatoms. The van der Waals surface area contributed by atoms with Crippen LogP contribution in [0.5, 0.6) is 0 Å². The molecule has 1 aromatic rings. The SMILES string of the molecule is CC(C)(C)OC(=O)N[C@](O)(CCCC1OCCCO1)Cc1cccc(F)c1. The van der Waals surface area contributed by atoms with Gasteiger partial charge in [0.15, 0.2) is 6.29 Å². The number of hydrogen-bond donors (Lipinski definition) is 2. The van der Waals surface area contributed by atoms with Crippen molar-refractivity contribution in [3.8, 4) is 0 Å². The summed E-state index contributed by atoms with van der Waals surface area (Å²) in [5.74, 6) is -0.392. The largest absolute Gasteiger partial charge is 0.444 e.